The first-order valence-corrected chi connectivity index (χ1v) is 8.14. The fourth-order valence-electron chi connectivity index (χ4n) is 2.31. The van der Waals surface area contributed by atoms with E-state index in [1.165, 1.54) is 36.7 Å². The van der Waals surface area contributed by atoms with Crippen molar-refractivity contribution in [2.75, 3.05) is 5.32 Å². The predicted molar refractivity (Wildman–Crippen MR) is 96.4 cm³/mol. The first kappa shape index (κ1) is 18.2. The molecule has 0 aliphatic heterocycles. The van der Waals surface area contributed by atoms with Gasteiger partial charge in [-0.15, -0.1) is 0 Å². The molecule has 27 heavy (non-hydrogen) atoms. The summed E-state index contributed by atoms with van der Waals surface area (Å²) in [7, 11) is 0. The maximum Gasteiger partial charge on any atom is 0.359 e. The molecule has 3 rings (SSSR count). The summed E-state index contributed by atoms with van der Waals surface area (Å²) in [5.74, 6) is -1.76. The Hall–Kier alpha value is -3.61. The molecule has 0 spiro atoms. The van der Waals surface area contributed by atoms with E-state index in [4.69, 9.17) is 4.74 Å². The number of anilines is 1. The van der Waals surface area contributed by atoms with Gasteiger partial charge in [-0.25, -0.2) is 14.2 Å². The van der Waals surface area contributed by atoms with Crippen molar-refractivity contribution < 1.29 is 18.7 Å². The number of rotatable bonds is 5. The summed E-state index contributed by atoms with van der Waals surface area (Å²) in [5, 5.41) is 2.61. The van der Waals surface area contributed by atoms with Gasteiger partial charge in [0.05, 0.1) is 11.9 Å². The van der Waals surface area contributed by atoms with Gasteiger partial charge in [-0.2, -0.15) is 0 Å². The molecule has 1 amide bonds. The number of ether oxygens (including phenoxy) is 1. The average Bonchev–Trinajstić information content (AvgIpc) is 2.69. The number of aryl methyl sites for hydroxylation is 1. The highest BCUT2D eigenvalue weighted by atomic mass is 19.1. The van der Waals surface area contributed by atoms with Gasteiger partial charge in [0.1, 0.15) is 5.82 Å². The van der Waals surface area contributed by atoms with Crippen molar-refractivity contribution in [3.05, 3.63) is 89.8 Å². The summed E-state index contributed by atoms with van der Waals surface area (Å²) in [6, 6.07) is 13.9. The van der Waals surface area contributed by atoms with Crippen molar-refractivity contribution >= 4 is 17.6 Å². The minimum absolute atomic E-state index is 0.00360. The standard InChI is InChI=1S/C20H16FN3O3/c1-13-11-23-17(12-22-13)20(26)27-18(14-5-3-2-4-6-14)19(25)24-16-9-7-15(21)8-10-16/h2-12,18H,1H3,(H,24,25). The third-order valence-corrected chi connectivity index (χ3v) is 3.67. The molecule has 0 radical (unpaired) electrons. The van der Waals surface area contributed by atoms with Crippen molar-refractivity contribution in [2.45, 2.75) is 13.0 Å². The smallest absolute Gasteiger partial charge is 0.359 e. The number of benzene rings is 2. The molecule has 136 valence electrons. The molecular weight excluding hydrogens is 349 g/mol. The summed E-state index contributed by atoms with van der Waals surface area (Å²) in [6.07, 6.45) is 1.52. The Morgan fingerprint density at radius 1 is 1.00 bits per heavy atom. The van der Waals surface area contributed by atoms with E-state index in [-0.39, 0.29) is 5.69 Å². The fraction of sp³-hybridized carbons (Fsp3) is 0.100. The molecule has 3 aromatic rings. The van der Waals surface area contributed by atoms with E-state index in [1.54, 1.807) is 37.3 Å². The Morgan fingerprint density at radius 3 is 2.33 bits per heavy atom. The molecule has 0 aliphatic rings. The maximum absolute atomic E-state index is 13.0. The van der Waals surface area contributed by atoms with Gasteiger partial charge in [0.2, 0.25) is 6.10 Å². The first-order chi connectivity index (χ1) is 13.0. The zero-order valence-electron chi connectivity index (χ0n) is 14.4. The maximum atomic E-state index is 13.0. The minimum atomic E-state index is -1.20. The van der Waals surface area contributed by atoms with Crippen molar-refractivity contribution in [3.8, 4) is 0 Å². The van der Waals surface area contributed by atoms with Crippen LogP contribution in [-0.4, -0.2) is 21.8 Å². The monoisotopic (exact) mass is 365 g/mol. The van der Waals surface area contributed by atoms with Crippen LogP contribution in [0, 0.1) is 12.7 Å². The van der Waals surface area contributed by atoms with E-state index in [9.17, 15) is 14.0 Å². The molecule has 0 bridgehead atoms. The average molecular weight is 365 g/mol. The molecule has 1 unspecified atom stereocenters. The number of amides is 1. The van der Waals surface area contributed by atoms with Crippen molar-refractivity contribution in [1.82, 2.24) is 9.97 Å². The van der Waals surface area contributed by atoms with Gasteiger partial charge in [-0.3, -0.25) is 9.78 Å². The molecule has 1 aromatic heterocycles. The minimum Gasteiger partial charge on any atom is -0.443 e. The third-order valence-electron chi connectivity index (χ3n) is 3.67. The van der Waals surface area contributed by atoms with Crippen molar-refractivity contribution in [3.63, 3.8) is 0 Å². The van der Waals surface area contributed by atoms with E-state index in [1.807, 2.05) is 0 Å². The number of hydrogen-bond donors (Lipinski definition) is 1. The number of aromatic nitrogens is 2. The second kappa shape index (κ2) is 8.18. The van der Waals surface area contributed by atoms with E-state index < -0.39 is 23.8 Å². The lowest BCUT2D eigenvalue weighted by molar-refractivity contribution is -0.125. The van der Waals surface area contributed by atoms with Crippen LogP contribution in [0.15, 0.2) is 67.0 Å². The van der Waals surface area contributed by atoms with Crippen LogP contribution in [-0.2, 0) is 9.53 Å². The predicted octanol–water partition coefficient (Wildman–Crippen LogP) is 3.46. The Bertz CT molecular complexity index is 929. The van der Waals surface area contributed by atoms with Crippen molar-refractivity contribution in [2.24, 2.45) is 0 Å². The van der Waals surface area contributed by atoms with Gasteiger partial charge in [0.25, 0.3) is 5.91 Å². The second-order valence-electron chi connectivity index (χ2n) is 5.74. The van der Waals surface area contributed by atoms with Crippen LogP contribution in [0.3, 0.4) is 0 Å². The molecule has 0 saturated carbocycles. The summed E-state index contributed by atoms with van der Waals surface area (Å²) in [4.78, 5) is 33.1. The van der Waals surface area contributed by atoms with Gasteiger partial charge in [-0.1, -0.05) is 30.3 Å². The van der Waals surface area contributed by atoms with Gasteiger partial charge in [0.15, 0.2) is 5.69 Å². The summed E-state index contributed by atoms with van der Waals surface area (Å²) in [6.45, 7) is 1.74. The largest absolute Gasteiger partial charge is 0.443 e. The van der Waals surface area contributed by atoms with Gasteiger partial charge < -0.3 is 10.1 Å². The Labute approximate surface area is 155 Å². The zero-order chi connectivity index (χ0) is 19.2. The third kappa shape index (κ3) is 4.72. The Balaban J connectivity index is 1.82. The van der Waals surface area contributed by atoms with Gasteiger partial charge in [0, 0.05) is 17.4 Å². The van der Waals surface area contributed by atoms with Gasteiger partial charge in [-0.05, 0) is 31.2 Å². The first-order valence-electron chi connectivity index (χ1n) is 8.14. The lowest BCUT2D eigenvalue weighted by atomic mass is 10.1. The number of nitrogens with one attached hydrogen (secondary N) is 1. The van der Waals surface area contributed by atoms with Crippen LogP contribution >= 0.6 is 0 Å². The molecule has 1 atom stereocenters. The Morgan fingerprint density at radius 2 is 1.70 bits per heavy atom. The van der Waals surface area contributed by atoms with Crippen LogP contribution in [0.4, 0.5) is 10.1 Å². The molecule has 0 fully saturated rings. The van der Waals surface area contributed by atoms with Gasteiger partial charge >= 0.3 is 5.97 Å². The number of carbonyl (C=O) groups excluding carboxylic acids is 2. The summed E-state index contributed by atoms with van der Waals surface area (Å²) < 4.78 is 18.4. The van der Waals surface area contributed by atoms with E-state index >= 15 is 0 Å². The normalized spacial score (nSPS) is 11.5. The van der Waals surface area contributed by atoms with Crippen LogP contribution in [0.1, 0.15) is 27.8 Å². The summed E-state index contributed by atoms with van der Waals surface area (Å²) >= 11 is 0. The lowest BCUT2D eigenvalue weighted by Crippen LogP contribution is -2.26. The number of halogens is 1. The molecule has 1 heterocycles. The zero-order valence-corrected chi connectivity index (χ0v) is 14.4. The lowest BCUT2D eigenvalue weighted by Gasteiger charge is -2.18. The van der Waals surface area contributed by atoms with Crippen LogP contribution in [0.25, 0.3) is 0 Å². The van der Waals surface area contributed by atoms with E-state index in [0.29, 0.717) is 16.9 Å². The molecular formula is C20H16FN3O3. The van der Waals surface area contributed by atoms with Crippen LogP contribution in [0.2, 0.25) is 0 Å². The van der Waals surface area contributed by atoms with E-state index in [0.717, 1.165) is 0 Å². The molecule has 0 saturated heterocycles. The fourth-order valence-corrected chi connectivity index (χ4v) is 2.31. The SMILES string of the molecule is Cc1cnc(C(=O)OC(C(=O)Nc2ccc(F)cc2)c2ccccc2)cn1. The summed E-state index contributed by atoms with van der Waals surface area (Å²) in [5.41, 5.74) is 1.52. The molecule has 7 heteroatoms. The highest BCUT2D eigenvalue weighted by Gasteiger charge is 2.26. The number of esters is 1. The number of carbonyl (C=O) groups is 2. The highest BCUT2D eigenvalue weighted by Crippen LogP contribution is 2.21. The molecule has 6 nitrogen and oxygen atoms in total. The Kier molecular flexibility index (Phi) is 5.51. The topological polar surface area (TPSA) is 81.2 Å². The molecule has 0 aliphatic carbocycles. The second-order valence-corrected chi connectivity index (χ2v) is 5.74. The highest BCUT2D eigenvalue weighted by molar-refractivity contribution is 5.97. The quantitative estimate of drug-likeness (QED) is 0.700. The van der Waals surface area contributed by atoms with Crippen molar-refractivity contribution in [1.29, 1.82) is 0 Å². The number of hydrogen-bond acceptors (Lipinski definition) is 5. The van der Waals surface area contributed by atoms with Crippen LogP contribution < -0.4 is 5.32 Å². The van der Waals surface area contributed by atoms with E-state index in [2.05, 4.69) is 15.3 Å². The molecule has 1 N–H and O–H groups in total. The van der Waals surface area contributed by atoms with Crippen LogP contribution in [0.5, 0.6) is 0 Å². The molecule has 2 aromatic carbocycles. The number of nitrogens with zero attached hydrogens (tertiary/aromatic N) is 2.